The van der Waals surface area contributed by atoms with E-state index < -0.39 is 0 Å². The highest BCUT2D eigenvalue weighted by Crippen LogP contribution is 2.11. The van der Waals surface area contributed by atoms with E-state index in [1.54, 1.807) is 18.3 Å². The number of hydrogen-bond donors (Lipinski definition) is 1. The molecule has 0 radical (unpaired) electrons. The number of nitrogens with one attached hydrogen (secondary N) is 1. The summed E-state index contributed by atoms with van der Waals surface area (Å²) in [6.45, 7) is 2.94. The third-order valence-electron chi connectivity index (χ3n) is 2.57. The standard InChI is InChI=1S/C15H16N2O/c1-2-16-14-10-8-13(9-11-14)12-17(18)15-6-4-3-5-7-15/h3-12,16H,2H2,1H3. The Hall–Kier alpha value is -2.29. The molecule has 1 N–H and O–H groups in total. The van der Waals surface area contributed by atoms with Gasteiger partial charge in [-0.3, -0.25) is 0 Å². The molecular weight excluding hydrogens is 224 g/mol. The summed E-state index contributed by atoms with van der Waals surface area (Å²) >= 11 is 0. The first-order valence-electron chi connectivity index (χ1n) is 6.00. The fourth-order valence-corrected chi connectivity index (χ4v) is 1.68. The predicted octanol–water partition coefficient (Wildman–Crippen LogP) is 3.38. The van der Waals surface area contributed by atoms with Crippen molar-refractivity contribution < 1.29 is 4.74 Å². The van der Waals surface area contributed by atoms with Crippen molar-refractivity contribution in [2.24, 2.45) is 0 Å². The van der Waals surface area contributed by atoms with E-state index in [0.717, 1.165) is 22.5 Å². The normalized spacial score (nSPS) is 11.3. The molecule has 0 aliphatic carbocycles. The summed E-state index contributed by atoms with van der Waals surface area (Å²) in [4.78, 5) is 0. The monoisotopic (exact) mass is 240 g/mol. The lowest BCUT2D eigenvalue weighted by Crippen LogP contribution is -1.99. The number of benzene rings is 2. The maximum atomic E-state index is 11.9. The summed E-state index contributed by atoms with van der Waals surface area (Å²) in [5, 5.41) is 15.1. The largest absolute Gasteiger partial charge is 0.618 e. The van der Waals surface area contributed by atoms with E-state index >= 15 is 0 Å². The molecular formula is C15H16N2O. The predicted molar refractivity (Wildman–Crippen MR) is 75.5 cm³/mol. The summed E-state index contributed by atoms with van der Waals surface area (Å²) in [5.41, 5.74) is 2.58. The van der Waals surface area contributed by atoms with Gasteiger partial charge in [0.2, 0.25) is 5.69 Å². The van der Waals surface area contributed by atoms with Gasteiger partial charge in [0.1, 0.15) is 0 Å². The van der Waals surface area contributed by atoms with Crippen LogP contribution in [0.25, 0.3) is 0 Å². The minimum absolute atomic E-state index is 0.633. The third-order valence-corrected chi connectivity index (χ3v) is 2.57. The third kappa shape index (κ3) is 3.10. The van der Waals surface area contributed by atoms with Crippen LogP contribution < -0.4 is 5.32 Å². The maximum Gasteiger partial charge on any atom is 0.216 e. The quantitative estimate of drug-likeness (QED) is 0.385. The van der Waals surface area contributed by atoms with Crippen molar-refractivity contribution in [1.82, 2.24) is 0 Å². The van der Waals surface area contributed by atoms with Crippen LogP contribution in [0.5, 0.6) is 0 Å². The smallest absolute Gasteiger partial charge is 0.216 e. The first kappa shape index (κ1) is 12.2. The summed E-state index contributed by atoms with van der Waals surface area (Å²) in [5.74, 6) is 0. The lowest BCUT2D eigenvalue weighted by Gasteiger charge is -2.04. The van der Waals surface area contributed by atoms with Crippen LogP contribution in [0.15, 0.2) is 54.6 Å². The molecule has 0 heterocycles. The van der Waals surface area contributed by atoms with Crippen molar-refractivity contribution in [3.05, 3.63) is 65.4 Å². The summed E-state index contributed by atoms with van der Waals surface area (Å²) in [7, 11) is 0. The van der Waals surface area contributed by atoms with Gasteiger partial charge in [-0.2, -0.15) is 4.74 Å². The minimum atomic E-state index is 0.633. The Balaban J connectivity index is 2.17. The highest BCUT2D eigenvalue weighted by Gasteiger charge is 2.00. The van der Waals surface area contributed by atoms with Gasteiger partial charge in [0, 0.05) is 29.9 Å². The number of para-hydroxylation sites is 1. The SMILES string of the molecule is CCNc1ccc(C=[N+]([O-])c2ccccc2)cc1. The van der Waals surface area contributed by atoms with E-state index in [9.17, 15) is 5.21 Å². The number of hydrogen-bond acceptors (Lipinski definition) is 2. The van der Waals surface area contributed by atoms with E-state index in [4.69, 9.17) is 0 Å². The van der Waals surface area contributed by atoms with Crippen LogP contribution in [0.3, 0.4) is 0 Å². The molecule has 0 fully saturated rings. The van der Waals surface area contributed by atoms with Crippen LogP contribution in [-0.2, 0) is 0 Å². The zero-order valence-corrected chi connectivity index (χ0v) is 10.3. The zero-order valence-electron chi connectivity index (χ0n) is 10.3. The van der Waals surface area contributed by atoms with Gasteiger partial charge in [0.25, 0.3) is 0 Å². The number of anilines is 1. The van der Waals surface area contributed by atoms with Gasteiger partial charge in [-0.25, -0.2) is 0 Å². The average Bonchev–Trinajstić information content (AvgIpc) is 2.42. The van der Waals surface area contributed by atoms with Gasteiger partial charge in [-0.05, 0) is 31.2 Å². The van der Waals surface area contributed by atoms with E-state index in [2.05, 4.69) is 12.2 Å². The van der Waals surface area contributed by atoms with Gasteiger partial charge in [0.15, 0.2) is 6.21 Å². The zero-order chi connectivity index (χ0) is 12.8. The van der Waals surface area contributed by atoms with Gasteiger partial charge in [0.05, 0.1) is 0 Å². The molecule has 2 aromatic rings. The second-order valence-electron chi connectivity index (χ2n) is 3.94. The summed E-state index contributed by atoms with van der Waals surface area (Å²) in [6, 6.07) is 16.9. The molecule has 2 rings (SSSR count). The second kappa shape index (κ2) is 5.87. The second-order valence-corrected chi connectivity index (χ2v) is 3.94. The van der Waals surface area contributed by atoms with Gasteiger partial charge < -0.3 is 10.5 Å². The molecule has 3 nitrogen and oxygen atoms in total. The molecule has 0 saturated carbocycles. The van der Waals surface area contributed by atoms with Crippen molar-refractivity contribution in [2.75, 3.05) is 11.9 Å². The highest BCUT2D eigenvalue weighted by molar-refractivity contribution is 5.77. The van der Waals surface area contributed by atoms with Crippen molar-refractivity contribution in [3.63, 3.8) is 0 Å². The molecule has 0 unspecified atom stereocenters. The number of rotatable bonds is 4. The Morgan fingerprint density at radius 3 is 2.33 bits per heavy atom. The highest BCUT2D eigenvalue weighted by atomic mass is 16.5. The molecule has 0 amide bonds. The van der Waals surface area contributed by atoms with E-state index in [1.807, 2.05) is 42.5 Å². The Labute approximate surface area is 107 Å². The Kier molecular flexibility index (Phi) is 3.97. The van der Waals surface area contributed by atoms with Crippen LogP contribution in [0.1, 0.15) is 12.5 Å². The lowest BCUT2D eigenvalue weighted by atomic mass is 10.2. The van der Waals surface area contributed by atoms with Crippen LogP contribution in [0.2, 0.25) is 0 Å². The topological polar surface area (TPSA) is 38.1 Å². The first-order chi connectivity index (χ1) is 8.79. The van der Waals surface area contributed by atoms with Crippen LogP contribution in [-0.4, -0.2) is 17.5 Å². The van der Waals surface area contributed by atoms with Crippen LogP contribution in [0, 0.1) is 5.21 Å². The van der Waals surface area contributed by atoms with Crippen molar-refractivity contribution in [2.45, 2.75) is 6.92 Å². The molecule has 0 atom stereocenters. The van der Waals surface area contributed by atoms with Crippen molar-refractivity contribution in [1.29, 1.82) is 0 Å². The van der Waals surface area contributed by atoms with E-state index in [-0.39, 0.29) is 0 Å². The molecule has 0 aromatic heterocycles. The van der Waals surface area contributed by atoms with Crippen molar-refractivity contribution >= 4 is 17.6 Å². The minimum Gasteiger partial charge on any atom is -0.618 e. The first-order valence-corrected chi connectivity index (χ1v) is 6.00. The Morgan fingerprint density at radius 1 is 1.06 bits per heavy atom. The molecule has 0 saturated heterocycles. The lowest BCUT2D eigenvalue weighted by molar-refractivity contribution is -0.354. The van der Waals surface area contributed by atoms with Gasteiger partial charge >= 0.3 is 0 Å². The maximum absolute atomic E-state index is 11.9. The molecule has 0 bridgehead atoms. The Morgan fingerprint density at radius 2 is 1.72 bits per heavy atom. The van der Waals surface area contributed by atoms with E-state index in [0.29, 0.717) is 5.69 Å². The van der Waals surface area contributed by atoms with Gasteiger partial charge in [-0.15, -0.1) is 0 Å². The van der Waals surface area contributed by atoms with Gasteiger partial charge in [-0.1, -0.05) is 18.2 Å². The molecule has 2 aromatic carbocycles. The molecule has 0 aliphatic heterocycles. The molecule has 18 heavy (non-hydrogen) atoms. The molecule has 0 spiro atoms. The molecule has 0 aliphatic rings. The number of nitrogens with zero attached hydrogens (tertiary/aromatic N) is 1. The fourth-order valence-electron chi connectivity index (χ4n) is 1.68. The fraction of sp³-hybridized carbons (Fsp3) is 0.133. The van der Waals surface area contributed by atoms with Crippen molar-refractivity contribution in [3.8, 4) is 0 Å². The summed E-state index contributed by atoms with van der Waals surface area (Å²) in [6.07, 6.45) is 1.57. The Bertz CT molecular complexity index is 518. The van der Waals surface area contributed by atoms with Crippen LogP contribution in [0.4, 0.5) is 11.4 Å². The average molecular weight is 240 g/mol. The summed E-state index contributed by atoms with van der Waals surface area (Å²) < 4.78 is 0.877. The molecule has 92 valence electrons. The molecule has 3 heteroatoms. The van der Waals surface area contributed by atoms with E-state index in [1.165, 1.54) is 0 Å². The van der Waals surface area contributed by atoms with Crippen LogP contribution >= 0.6 is 0 Å².